The summed E-state index contributed by atoms with van der Waals surface area (Å²) in [6.07, 6.45) is 4.18. The number of aromatic nitrogens is 3. The first-order valence-electron chi connectivity index (χ1n) is 13.4. The van der Waals surface area contributed by atoms with Gasteiger partial charge in [-0.15, -0.1) is 0 Å². The lowest BCUT2D eigenvalue weighted by molar-refractivity contribution is 0.0696. The van der Waals surface area contributed by atoms with Gasteiger partial charge in [0.1, 0.15) is 5.82 Å². The number of aliphatic hydroxyl groups excluding tert-OH is 1. The van der Waals surface area contributed by atoms with Gasteiger partial charge in [0.25, 0.3) is 5.91 Å². The molecule has 2 N–H and O–H groups in total. The minimum atomic E-state index is -1.02. The maximum absolute atomic E-state index is 14.0. The van der Waals surface area contributed by atoms with Crippen molar-refractivity contribution in [3.8, 4) is 16.8 Å². The average Bonchev–Trinajstić information content (AvgIpc) is 3.45. The maximum Gasteiger partial charge on any atom is 0.335 e. The molecule has 0 saturated heterocycles. The molecular weight excluding hydrogens is 509 g/mol. The molecule has 7 nitrogen and oxygen atoms in total. The van der Waals surface area contributed by atoms with Crippen molar-refractivity contribution in [1.29, 1.82) is 0 Å². The zero-order chi connectivity index (χ0) is 28.4. The SMILES string of the molecule is CC(C)(C)C(=O)n1ncc2cc3c(cc21)c(-c1ccc(C(=O)O)cc1)c(C1(CO)CCC1)n3-c1ccc(F)cc1. The van der Waals surface area contributed by atoms with Gasteiger partial charge in [-0.2, -0.15) is 9.78 Å². The Morgan fingerprint density at radius 3 is 2.23 bits per heavy atom. The van der Waals surface area contributed by atoms with E-state index in [2.05, 4.69) is 9.67 Å². The van der Waals surface area contributed by atoms with Crippen LogP contribution in [0.15, 0.2) is 66.9 Å². The van der Waals surface area contributed by atoms with Crippen molar-refractivity contribution in [2.75, 3.05) is 6.61 Å². The molecule has 1 aliphatic rings. The number of carboxylic acid groups (broad SMARTS) is 1. The van der Waals surface area contributed by atoms with Crippen LogP contribution in [0.5, 0.6) is 0 Å². The van der Waals surface area contributed by atoms with Crippen molar-refractivity contribution in [3.63, 3.8) is 0 Å². The van der Waals surface area contributed by atoms with Gasteiger partial charge >= 0.3 is 5.97 Å². The number of fused-ring (bicyclic) bond motifs is 2. The predicted molar refractivity (Wildman–Crippen MR) is 152 cm³/mol. The standard InChI is InChI=1S/C32H30FN3O4/c1-31(2,3)30(40)36-25-16-24-26(15-21(25)17-34-36)35(23-11-9-22(33)10-12-23)28(32(18-37)13-4-14-32)27(24)19-5-7-20(8-6-19)29(38)39/h5-12,15-17,37H,4,13-14,18H2,1-3H3,(H,38,39). The number of benzene rings is 3. The van der Waals surface area contributed by atoms with Crippen molar-refractivity contribution in [3.05, 3.63) is 83.9 Å². The minimum Gasteiger partial charge on any atom is -0.478 e. The topological polar surface area (TPSA) is 97.3 Å². The van der Waals surface area contributed by atoms with Crippen LogP contribution in [0.2, 0.25) is 0 Å². The Morgan fingerprint density at radius 1 is 1.00 bits per heavy atom. The fourth-order valence-electron chi connectivity index (χ4n) is 5.79. The summed E-state index contributed by atoms with van der Waals surface area (Å²) >= 11 is 0. The number of carboxylic acids is 1. The second-order valence-electron chi connectivity index (χ2n) is 11.7. The van der Waals surface area contributed by atoms with Crippen LogP contribution >= 0.6 is 0 Å². The van der Waals surface area contributed by atoms with E-state index in [0.29, 0.717) is 5.52 Å². The quantitative estimate of drug-likeness (QED) is 0.263. The van der Waals surface area contributed by atoms with Gasteiger partial charge in [-0.1, -0.05) is 39.3 Å². The molecule has 204 valence electrons. The van der Waals surface area contributed by atoms with E-state index in [1.165, 1.54) is 16.8 Å². The highest BCUT2D eigenvalue weighted by atomic mass is 19.1. The third-order valence-electron chi connectivity index (χ3n) is 8.11. The summed E-state index contributed by atoms with van der Waals surface area (Å²) in [5.74, 6) is -1.51. The molecule has 6 rings (SSSR count). The van der Waals surface area contributed by atoms with Gasteiger partial charge in [0.2, 0.25) is 0 Å². The molecule has 40 heavy (non-hydrogen) atoms. The van der Waals surface area contributed by atoms with Gasteiger partial charge in [0, 0.05) is 38.5 Å². The van der Waals surface area contributed by atoms with Crippen LogP contribution in [0.25, 0.3) is 38.6 Å². The van der Waals surface area contributed by atoms with Crippen LogP contribution in [0.1, 0.15) is 60.9 Å². The molecule has 0 spiro atoms. The number of hydrogen-bond donors (Lipinski definition) is 2. The van der Waals surface area contributed by atoms with Crippen LogP contribution < -0.4 is 0 Å². The number of aromatic carboxylic acids is 1. The Morgan fingerprint density at radius 2 is 1.68 bits per heavy atom. The molecule has 0 atom stereocenters. The van der Waals surface area contributed by atoms with E-state index in [4.69, 9.17) is 0 Å². The fourth-order valence-corrected chi connectivity index (χ4v) is 5.79. The average molecular weight is 540 g/mol. The third-order valence-corrected chi connectivity index (χ3v) is 8.11. The summed E-state index contributed by atoms with van der Waals surface area (Å²) < 4.78 is 17.5. The molecule has 0 bridgehead atoms. The van der Waals surface area contributed by atoms with Crippen LogP contribution in [-0.4, -0.2) is 43.0 Å². The highest BCUT2D eigenvalue weighted by molar-refractivity contribution is 6.08. The van der Waals surface area contributed by atoms with Crippen LogP contribution in [0.4, 0.5) is 4.39 Å². The van der Waals surface area contributed by atoms with Crippen molar-refractivity contribution in [1.82, 2.24) is 14.3 Å². The van der Waals surface area contributed by atoms with Gasteiger partial charge < -0.3 is 14.8 Å². The minimum absolute atomic E-state index is 0.0689. The Balaban J connectivity index is 1.75. The number of carbonyl (C=O) groups excluding carboxylic acids is 1. The van der Waals surface area contributed by atoms with E-state index in [0.717, 1.165) is 58.1 Å². The first-order valence-corrected chi connectivity index (χ1v) is 13.4. The molecule has 3 aromatic carbocycles. The first kappa shape index (κ1) is 26.0. The van der Waals surface area contributed by atoms with E-state index in [-0.39, 0.29) is 23.9 Å². The molecule has 0 aliphatic heterocycles. The van der Waals surface area contributed by atoms with Gasteiger partial charge in [0.05, 0.1) is 29.4 Å². The molecule has 1 aliphatic carbocycles. The molecule has 1 fully saturated rings. The Bertz CT molecular complexity index is 1780. The highest BCUT2D eigenvalue weighted by Gasteiger charge is 2.44. The smallest absolute Gasteiger partial charge is 0.335 e. The normalized spacial score (nSPS) is 14.9. The summed E-state index contributed by atoms with van der Waals surface area (Å²) in [6, 6.07) is 16.9. The van der Waals surface area contributed by atoms with Crippen molar-refractivity contribution < 1.29 is 24.2 Å². The number of nitrogens with zero attached hydrogens (tertiary/aromatic N) is 3. The largest absolute Gasteiger partial charge is 0.478 e. The summed E-state index contributed by atoms with van der Waals surface area (Å²) in [6.45, 7) is 5.48. The van der Waals surface area contributed by atoms with Crippen molar-refractivity contribution in [2.24, 2.45) is 5.41 Å². The molecule has 5 aromatic rings. The molecule has 0 amide bonds. The van der Waals surface area contributed by atoms with E-state index in [9.17, 15) is 24.2 Å². The number of carbonyl (C=O) groups is 2. The summed E-state index contributed by atoms with van der Waals surface area (Å²) in [5, 5.41) is 26.3. The summed E-state index contributed by atoms with van der Waals surface area (Å²) in [5.41, 5.74) is 3.74. The number of hydrogen-bond acceptors (Lipinski definition) is 4. The van der Waals surface area contributed by atoms with Gasteiger partial charge in [-0.25, -0.2) is 9.18 Å². The zero-order valence-electron chi connectivity index (χ0n) is 22.6. The molecule has 1 saturated carbocycles. The predicted octanol–water partition coefficient (Wildman–Crippen LogP) is 6.58. The van der Waals surface area contributed by atoms with E-state index < -0.39 is 16.8 Å². The Labute approximate surface area is 230 Å². The van der Waals surface area contributed by atoms with Gasteiger partial charge in [0.15, 0.2) is 0 Å². The molecule has 2 aromatic heterocycles. The lowest BCUT2D eigenvalue weighted by atomic mass is 9.65. The molecule has 2 heterocycles. The van der Waals surface area contributed by atoms with E-state index in [1.54, 1.807) is 42.6 Å². The highest BCUT2D eigenvalue weighted by Crippen LogP contribution is 2.51. The fraction of sp³-hybridized carbons (Fsp3) is 0.281. The molecule has 0 unspecified atom stereocenters. The molecule has 0 radical (unpaired) electrons. The Kier molecular flexibility index (Phi) is 5.92. The van der Waals surface area contributed by atoms with E-state index >= 15 is 0 Å². The Hall–Kier alpha value is -4.30. The number of halogens is 1. The third kappa shape index (κ3) is 3.93. The van der Waals surface area contributed by atoms with Gasteiger partial charge in [-0.3, -0.25) is 4.79 Å². The first-order chi connectivity index (χ1) is 19.0. The second-order valence-corrected chi connectivity index (χ2v) is 11.7. The second kappa shape index (κ2) is 9.13. The zero-order valence-corrected chi connectivity index (χ0v) is 22.6. The van der Waals surface area contributed by atoms with Gasteiger partial charge in [-0.05, 0) is 66.9 Å². The lowest BCUT2D eigenvalue weighted by Gasteiger charge is -2.42. The monoisotopic (exact) mass is 539 g/mol. The molecular formula is C32H30FN3O4. The van der Waals surface area contributed by atoms with Crippen LogP contribution in [0, 0.1) is 11.2 Å². The van der Waals surface area contributed by atoms with Crippen LogP contribution in [-0.2, 0) is 5.41 Å². The maximum atomic E-state index is 14.0. The summed E-state index contributed by atoms with van der Waals surface area (Å²) in [7, 11) is 0. The number of rotatable bonds is 5. The summed E-state index contributed by atoms with van der Waals surface area (Å²) in [4.78, 5) is 24.9. The van der Waals surface area contributed by atoms with Crippen molar-refractivity contribution >= 4 is 33.7 Å². The molecule has 8 heteroatoms. The lowest BCUT2D eigenvalue weighted by Crippen LogP contribution is -2.40. The van der Waals surface area contributed by atoms with Crippen molar-refractivity contribution in [2.45, 2.75) is 45.4 Å². The van der Waals surface area contributed by atoms with E-state index in [1.807, 2.05) is 32.9 Å². The number of aliphatic hydroxyl groups is 1. The van der Waals surface area contributed by atoms with Crippen LogP contribution in [0.3, 0.4) is 0 Å².